The number of carbonyl (C=O) groups excluding carboxylic acids is 1. The van der Waals surface area contributed by atoms with E-state index >= 15 is 0 Å². The molecule has 1 aromatic rings. The maximum absolute atomic E-state index is 12.8. The molecule has 0 aliphatic carbocycles. The topological polar surface area (TPSA) is 59.0 Å². The number of likely N-dealkylation sites (tertiary alicyclic amines) is 1. The van der Waals surface area contributed by atoms with Crippen LogP contribution in [0, 0.1) is 5.41 Å². The molecule has 1 heterocycles. The predicted molar refractivity (Wildman–Crippen MR) is 89.2 cm³/mol. The number of hydrogen-bond donors (Lipinski definition) is 1. The molecule has 0 aromatic heterocycles. The van der Waals surface area contributed by atoms with E-state index in [9.17, 15) is 9.90 Å². The first kappa shape index (κ1) is 18.0. The molecule has 0 saturated carbocycles. The van der Waals surface area contributed by atoms with Gasteiger partial charge < -0.3 is 19.5 Å². The number of nitrogens with zero attached hydrogens (tertiary/aromatic N) is 1. The first-order chi connectivity index (χ1) is 11.0. The lowest BCUT2D eigenvalue weighted by Gasteiger charge is -2.42. The van der Waals surface area contributed by atoms with Crippen LogP contribution in [0.3, 0.4) is 0 Å². The van der Waals surface area contributed by atoms with E-state index in [4.69, 9.17) is 21.1 Å². The van der Waals surface area contributed by atoms with E-state index in [0.717, 1.165) is 19.3 Å². The molecular weight excluding hydrogens is 318 g/mol. The van der Waals surface area contributed by atoms with E-state index in [2.05, 4.69) is 0 Å². The third-order valence-electron chi connectivity index (χ3n) is 4.47. The zero-order valence-corrected chi connectivity index (χ0v) is 14.4. The summed E-state index contributed by atoms with van der Waals surface area (Å²) in [5.41, 5.74) is 0.224. The number of benzene rings is 1. The van der Waals surface area contributed by atoms with Crippen LogP contribution >= 0.6 is 11.6 Å². The molecule has 1 aromatic carbocycles. The highest BCUT2D eigenvalue weighted by Crippen LogP contribution is 2.34. The number of amides is 1. The highest BCUT2D eigenvalue weighted by molar-refractivity contribution is 6.31. The van der Waals surface area contributed by atoms with Gasteiger partial charge in [0.25, 0.3) is 5.91 Å². The number of carbonyl (C=O) groups is 1. The van der Waals surface area contributed by atoms with Gasteiger partial charge in [0.1, 0.15) is 5.75 Å². The number of aliphatic hydroxyl groups is 1. The number of piperidine rings is 1. The molecule has 1 amide bonds. The number of halogens is 1. The lowest BCUT2D eigenvalue weighted by Crippen LogP contribution is -2.48. The second kappa shape index (κ2) is 7.99. The summed E-state index contributed by atoms with van der Waals surface area (Å²) >= 11 is 6.06. The Morgan fingerprint density at radius 1 is 1.39 bits per heavy atom. The van der Waals surface area contributed by atoms with Gasteiger partial charge in [-0.2, -0.15) is 0 Å². The molecule has 0 bridgehead atoms. The van der Waals surface area contributed by atoms with E-state index in [1.54, 1.807) is 37.3 Å². The zero-order chi connectivity index (χ0) is 16.9. The van der Waals surface area contributed by atoms with Crippen LogP contribution in [-0.2, 0) is 4.74 Å². The van der Waals surface area contributed by atoms with Gasteiger partial charge in [0.05, 0.1) is 13.7 Å². The van der Waals surface area contributed by atoms with Crippen LogP contribution in [0.15, 0.2) is 18.2 Å². The van der Waals surface area contributed by atoms with Gasteiger partial charge in [0, 0.05) is 42.8 Å². The van der Waals surface area contributed by atoms with Crippen LogP contribution in [0.1, 0.15) is 29.6 Å². The molecule has 1 aliphatic rings. The molecule has 128 valence electrons. The quantitative estimate of drug-likeness (QED) is 0.864. The largest absolute Gasteiger partial charge is 0.497 e. The summed E-state index contributed by atoms with van der Waals surface area (Å²) in [5.74, 6) is 0.478. The standard InChI is InChI=1S/C17H24ClNO4/c1-22-7-5-17(12-20)4-3-6-19(11-17)16(21)13-8-14(18)10-15(9-13)23-2/h8-10,20H,3-7,11-12H2,1-2H3/t17-/m0/s1. The van der Waals surface area contributed by atoms with Gasteiger partial charge in [-0.15, -0.1) is 0 Å². The van der Waals surface area contributed by atoms with Crippen LogP contribution in [0.4, 0.5) is 0 Å². The average Bonchev–Trinajstić information content (AvgIpc) is 2.58. The van der Waals surface area contributed by atoms with Gasteiger partial charge >= 0.3 is 0 Å². The van der Waals surface area contributed by atoms with Crippen molar-refractivity contribution < 1.29 is 19.4 Å². The molecule has 1 saturated heterocycles. The van der Waals surface area contributed by atoms with Gasteiger partial charge in [-0.05, 0) is 37.5 Å². The molecule has 1 aliphatic heterocycles. The third kappa shape index (κ3) is 4.37. The summed E-state index contributed by atoms with van der Waals surface area (Å²) < 4.78 is 10.3. The number of ether oxygens (including phenoxy) is 2. The second-order valence-corrected chi connectivity index (χ2v) is 6.55. The van der Waals surface area contributed by atoms with E-state index in [0.29, 0.717) is 36.0 Å². The van der Waals surface area contributed by atoms with Crippen molar-refractivity contribution in [1.29, 1.82) is 0 Å². The molecular formula is C17H24ClNO4. The number of aliphatic hydroxyl groups excluding tert-OH is 1. The van der Waals surface area contributed by atoms with Crippen molar-refractivity contribution in [3.05, 3.63) is 28.8 Å². The highest BCUT2D eigenvalue weighted by Gasteiger charge is 2.36. The van der Waals surface area contributed by atoms with Gasteiger partial charge in [-0.25, -0.2) is 0 Å². The minimum absolute atomic E-state index is 0.0546. The Bertz CT molecular complexity index is 551. The van der Waals surface area contributed by atoms with E-state index < -0.39 is 0 Å². The average molecular weight is 342 g/mol. The van der Waals surface area contributed by atoms with E-state index in [1.165, 1.54) is 0 Å². The molecule has 1 N–H and O–H groups in total. The van der Waals surface area contributed by atoms with Crippen molar-refractivity contribution in [1.82, 2.24) is 4.90 Å². The molecule has 0 spiro atoms. The molecule has 23 heavy (non-hydrogen) atoms. The Morgan fingerprint density at radius 2 is 2.17 bits per heavy atom. The van der Waals surface area contributed by atoms with Gasteiger partial charge in [-0.1, -0.05) is 11.6 Å². The fraction of sp³-hybridized carbons (Fsp3) is 0.588. The first-order valence-corrected chi connectivity index (χ1v) is 8.15. The molecule has 5 nitrogen and oxygen atoms in total. The fourth-order valence-corrected chi connectivity index (χ4v) is 3.32. The minimum Gasteiger partial charge on any atom is -0.497 e. The summed E-state index contributed by atoms with van der Waals surface area (Å²) in [6.45, 7) is 1.84. The summed E-state index contributed by atoms with van der Waals surface area (Å²) in [6.07, 6.45) is 2.51. The fourth-order valence-electron chi connectivity index (χ4n) is 3.10. The minimum atomic E-state index is -0.285. The van der Waals surface area contributed by atoms with Crippen molar-refractivity contribution in [2.75, 3.05) is 40.5 Å². The van der Waals surface area contributed by atoms with Gasteiger partial charge in [0.2, 0.25) is 0 Å². The Kier molecular flexibility index (Phi) is 6.27. The van der Waals surface area contributed by atoms with Gasteiger partial charge in [0.15, 0.2) is 0 Å². The number of methoxy groups -OCH3 is 2. The van der Waals surface area contributed by atoms with E-state index in [1.807, 2.05) is 0 Å². The molecule has 1 fully saturated rings. The summed E-state index contributed by atoms with van der Waals surface area (Å²) in [4.78, 5) is 14.6. The Hall–Kier alpha value is -1.30. The maximum atomic E-state index is 12.8. The summed E-state index contributed by atoms with van der Waals surface area (Å²) in [7, 11) is 3.19. The van der Waals surface area contributed by atoms with Crippen molar-refractivity contribution in [3.63, 3.8) is 0 Å². The Labute approximate surface area is 142 Å². The zero-order valence-electron chi connectivity index (χ0n) is 13.7. The maximum Gasteiger partial charge on any atom is 0.254 e. The molecule has 6 heteroatoms. The number of rotatable bonds is 6. The lowest BCUT2D eigenvalue weighted by molar-refractivity contribution is 0.00897. The van der Waals surface area contributed by atoms with Crippen LogP contribution in [0.5, 0.6) is 5.75 Å². The highest BCUT2D eigenvalue weighted by atomic mass is 35.5. The summed E-state index contributed by atoms with van der Waals surface area (Å²) in [5, 5.41) is 10.3. The van der Waals surface area contributed by atoms with Crippen molar-refractivity contribution in [2.24, 2.45) is 5.41 Å². The third-order valence-corrected chi connectivity index (χ3v) is 4.69. The van der Waals surface area contributed by atoms with Crippen LogP contribution in [-0.4, -0.2) is 56.4 Å². The van der Waals surface area contributed by atoms with Gasteiger partial charge in [-0.3, -0.25) is 4.79 Å². The van der Waals surface area contributed by atoms with Crippen molar-refractivity contribution in [3.8, 4) is 5.75 Å². The predicted octanol–water partition coefficient (Wildman–Crippen LogP) is 2.60. The summed E-state index contributed by atoms with van der Waals surface area (Å²) in [6, 6.07) is 5.01. The Morgan fingerprint density at radius 3 is 2.83 bits per heavy atom. The van der Waals surface area contributed by atoms with Crippen LogP contribution in [0.25, 0.3) is 0 Å². The van der Waals surface area contributed by atoms with Crippen LogP contribution < -0.4 is 4.74 Å². The first-order valence-electron chi connectivity index (χ1n) is 7.77. The monoisotopic (exact) mass is 341 g/mol. The SMILES string of the molecule is COCC[C@@]1(CO)CCCN(C(=O)c2cc(Cl)cc(OC)c2)C1. The second-order valence-electron chi connectivity index (χ2n) is 6.11. The molecule has 0 unspecified atom stereocenters. The molecule has 0 radical (unpaired) electrons. The number of hydrogen-bond acceptors (Lipinski definition) is 4. The van der Waals surface area contributed by atoms with Crippen molar-refractivity contribution >= 4 is 17.5 Å². The lowest BCUT2D eigenvalue weighted by atomic mass is 9.78. The molecule has 1 atom stereocenters. The van der Waals surface area contributed by atoms with Crippen molar-refractivity contribution in [2.45, 2.75) is 19.3 Å². The van der Waals surface area contributed by atoms with E-state index in [-0.39, 0.29) is 17.9 Å². The normalized spacial score (nSPS) is 21.3. The smallest absolute Gasteiger partial charge is 0.254 e. The van der Waals surface area contributed by atoms with Crippen LogP contribution in [0.2, 0.25) is 5.02 Å². The Balaban J connectivity index is 2.17. The molecule has 2 rings (SSSR count).